The second-order valence-corrected chi connectivity index (χ2v) is 6.96. The van der Waals surface area contributed by atoms with Crippen molar-refractivity contribution in [3.8, 4) is 5.75 Å². The lowest BCUT2D eigenvalue weighted by atomic mass is 9.97. The molecule has 1 N–H and O–H groups in total. The van der Waals surface area contributed by atoms with Crippen molar-refractivity contribution in [1.29, 1.82) is 0 Å². The molecular formula is C18H26O3. The van der Waals surface area contributed by atoms with E-state index in [1.807, 2.05) is 12.1 Å². The molecule has 3 nitrogen and oxygen atoms in total. The molecule has 0 bridgehead atoms. The zero-order valence-corrected chi connectivity index (χ0v) is 13.1. The van der Waals surface area contributed by atoms with E-state index >= 15 is 0 Å². The molecule has 0 aliphatic carbocycles. The first-order chi connectivity index (χ1) is 10.1. The van der Waals surface area contributed by atoms with Crippen LogP contribution in [0.15, 0.2) is 18.2 Å². The van der Waals surface area contributed by atoms with Gasteiger partial charge in [0.15, 0.2) is 0 Å². The summed E-state index contributed by atoms with van der Waals surface area (Å²) in [6, 6.07) is 6.13. The minimum atomic E-state index is -0.435. The third-order valence-corrected chi connectivity index (χ3v) is 4.51. The molecule has 2 atom stereocenters. The van der Waals surface area contributed by atoms with E-state index < -0.39 is 6.10 Å². The van der Waals surface area contributed by atoms with Crippen LogP contribution in [0.1, 0.15) is 63.2 Å². The van der Waals surface area contributed by atoms with Gasteiger partial charge in [-0.15, -0.1) is 0 Å². The van der Waals surface area contributed by atoms with Gasteiger partial charge in [0.05, 0.1) is 12.2 Å². The Morgan fingerprint density at radius 1 is 1.38 bits per heavy atom. The molecule has 3 heteroatoms. The van der Waals surface area contributed by atoms with E-state index in [-0.39, 0.29) is 5.60 Å². The van der Waals surface area contributed by atoms with Crippen LogP contribution in [0.3, 0.4) is 0 Å². The molecule has 3 rings (SSSR count). The van der Waals surface area contributed by atoms with E-state index in [1.165, 1.54) is 18.4 Å². The fourth-order valence-corrected chi connectivity index (χ4v) is 3.47. The number of fused-ring (bicyclic) bond motifs is 1. The minimum absolute atomic E-state index is 0.157. The summed E-state index contributed by atoms with van der Waals surface area (Å²) in [6.45, 7) is 5.10. The van der Waals surface area contributed by atoms with Gasteiger partial charge in [-0.2, -0.15) is 0 Å². The maximum atomic E-state index is 10.5. The van der Waals surface area contributed by atoms with Gasteiger partial charge in [0.1, 0.15) is 11.4 Å². The third kappa shape index (κ3) is 3.41. The van der Waals surface area contributed by atoms with Crippen LogP contribution in [-0.2, 0) is 11.2 Å². The van der Waals surface area contributed by atoms with Gasteiger partial charge < -0.3 is 14.6 Å². The Hall–Kier alpha value is -1.06. The highest BCUT2D eigenvalue weighted by Crippen LogP contribution is 2.41. The van der Waals surface area contributed by atoms with Crippen LogP contribution in [-0.4, -0.2) is 23.4 Å². The Labute approximate surface area is 127 Å². The number of aliphatic hydroxyl groups excluding tert-OH is 1. The topological polar surface area (TPSA) is 38.7 Å². The van der Waals surface area contributed by atoms with Gasteiger partial charge in [-0.3, -0.25) is 0 Å². The Morgan fingerprint density at radius 3 is 3.00 bits per heavy atom. The van der Waals surface area contributed by atoms with E-state index in [2.05, 4.69) is 19.9 Å². The van der Waals surface area contributed by atoms with Crippen molar-refractivity contribution in [1.82, 2.24) is 0 Å². The van der Waals surface area contributed by atoms with E-state index in [0.29, 0.717) is 6.10 Å². The highest BCUT2D eigenvalue weighted by molar-refractivity contribution is 5.46. The average Bonchev–Trinajstić information content (AvgIpc) is 3.03. The largest absolute Gasteiger partial charge is 0.487 e. The molecule has 2 aliphatic heterocycles. The summed E-state index contributed by atoms with van der Waals surface area (Å²) in [5, 5.41) is 10.5. The highest BCUT2D eigenvalue weighted by Gasteiger charge is 2.32. The lowest BCUT2D eigenvalue weighted by Crippen LogP contribution is -2.25. The smallest absolute Gasteiger partial charge is 0.129 e. The van der Waals surface area contributed by atoms with E-state index in [1.54, 1.807) is 0 Å². The quantitative estimate of drug-likeness (QED) is 0.897. The van der Waals surface area contributed by atoms with Crippen molar-refractivity contribution >= 4 is 0 Å². The van der Waals surface area contributed by atoms with Gasteiger partial charge in [0.25, 0.3) is 0 Å². The maximum absolute atomic E-state index is 10.5. The van der Waals surface area contributed by atoms with Crippen LogP contribution in [0, 0.1) is 0 Å². The molecule has 21 heavy (non-hydrogen) atoms. The highest BCUT2D eigenvalue weighted by atomic mass is 16.5. The average molecular weight is 290 g/mol. The summed E-state index contributed by atoms with van der Waals surface area (Å²) in [6.07, 6.45) is 6.08. The minimum Gasteiger partial charge on any atom is -0.487 e. The van der Waals surface area contributed by atoms with Gasteiger partial charge in [0, 0.05) is 18.6 Å². The van der Waals surface area contributed by atoms with Gasteiger partial charge in [-0.05, 0) is 51.5 Å². The molecule has 0 saturated carbocycles. The second-order valence-electron chi connectivity index (χ2n) is 6.96. The Balaban J connectivity index is 1.60. The fourth-order valence-electron chi connectivity index (χ4n) is 3.47. The summed E-state index contributed by atoms with van der Waals surface area (Å²) in [7, 11) is 0. The van der Waals surface area contributed by atoms with E-state index in [0.717, 1.165) is 43.6 Å². The number of hydrogen-bond donors (Lipinski definition) is 1. The Kier molecular flexibility index (Phi) is 4.23. The molecule has 2 heterocycles. The first-order valence-electron chi connectivity index (χ1n) is 8.16. The number of benzene rings is 1. The monoisotopic (exact) mass is 290 g/mol. The third-order valence-electron chi connectivity index (χ3n) is 4.51. The number of aliphatic hydroxyl groups is 1. The Bertz CT molecular complexity index is 489. The van der Waals surface area contributed by atoms with Crippen molar-refractivity contribution in [2.75, 3.05) is 6.61 Å². The molecule has 1 aromatic rings. The lowest BCUT2D eigenvalue weighted by molar-refractivity contribution is 0.0927. The molecule has 2 aliphatic rings. The van der Waals surface area contributed by atoms with Crippen LogP contribution < -0.4 is 4.74 Å². The van der Waals surface area contributed by atoms with Crippen LogP contribution in [0.4, 0.5) is 0 Å². The van der Waals surface area contributed by atoms with Crippen LogP contribution in [0.2, 0.25) is 0 Å². The standard InChI is InChI=1S/C18H26O3/c1-18(2)12-13-6-3-9-15(17(13)21-18)16(19)10-4-7-14-8-5-11-20-14/h3,6,9,14,16,19H,4-5,7-8,10-12H2,1-2H3. The molecule has 1 saturated heterocycles. The molecular weight excluding hydrogens is 264 g/mol. The van der Waals surface area contributed by atoms with Crippen molar-refractivity contribution in [2.45, 2.75) is 70.2 Å². The van der Waals surface area contributed by atoms with Crippen molar-refractivity contribution in [2.24, 2.45) is 0 Å². The number of rotatable bonds is 5. The summed E-state index contributed by atoms with van der Waals surface area (Å²) in [4.78, 5) is 0. The zero-order valence-electron chi connectivity index (χ0n) is 13.1. The molecule has 0 radical (unpaired) electrons. The summed E-state index contributed by atoms with van der Waals surface area (Å²) in [5.41, 5.74) is 2.01. The van der Waals surface area contributed by atoms with Gasteiger partial charge >= 0.3 is 0 Å². The molecule has 0 aromatic heterocycles. The van der Waals surface area contributed by atoms with Gasteiger partial charge in [-0.25, -0.2) is 0 Å². The van der Waals surface area contributed by atoms with Gasteiger partial charge in [-0.1, -0.05) is 18.2 Å². The van der Waals surface area contributed by atoms with E-state index in [9.17, 15) is 5.11 Å². The number of ether oxygens (including phenoxy) is 2. The van der Waals surface area contributed by atoms with E-state index in [4.69, 9.17) is 9.47 Å². The second kappa shape index (κ2) is 5.98. The first-order valence-corrected chi connectivity index (χ1v) is 8.16. The molecule has 1 fully saturated rings. The summed E-state index contributed by atoms with van der Waals surface area (Å²) < 4.78 is 11.7. The number of hydrogen-bond acceptors (Lipinski definition) is 3. The number of para-hydroxylation sites is 1. The predicted octanol–water partition coefficient (Wildman–Crippen LogP) is 3.78. The summed E-state index contributed by atoms with van der Waals surface area (Å²) in [5.74, 6) is 0.909. The SMILES string of the molecule is CC1(C)Cc2cccc(C(O)CCCC3CCCO3)c2O1. The van der Waals surface area contributed by atoms with Crippen LogP contribution >= 0.6 is 0 Å². The molecule has 2 unspecified atom stereocenters. The van der Waals surface area contributed by atoms with Crippen molar-refractivity contribution in [3.63, 3.8) is 0 Å². The van der Waals surface area contributed by atoms with Crippen molar-refractivity contribution in [3.05, 3.63) is 29.3 Å². The molecule has 116 valence electrons. The first kappa shape index (κ1) is 14.9. The fraction of sp³-hybridized carbons (Fsp3) is 0.667. The van der Waals surface area contributed by atoms with Crippen molar-refractivity contribution < 1.29 is 14.6 Å². The lowest BCUT2D eigenvalue weighted by Gasteiger charge is -2.20. The van der Waals surface area contributed by atoms with Gasteiger partial charge in [0.2, 0.25) is 0 Å². The van der Waals surface area contributed by atoms with Crippen LogP contribution in [0.5, 0.6) is 5.75 Å². The summed E-state index contributed by atoms with van der Waals surface area (Å²) >= 11 is 0. The maximum Gasteiger partial charge on any atom is 0.129 e. The molecule has 0 amide bonds. The Morgan fingerprint density at radius 2 is 2.24 bits per heavy atom. The molecule has 0 spiro atoms. The normalized spacial score (nSPS) is 24.6. The van der Waals surface area contributed by atoms with Crippen LogP contribution in [0.25, 0.3) is 0 Å². The predicted molar refractivity (Wildman–Crippen MR) is 82.6 cm³/mol. The molecule has 1 aromatic carbocycles. The zero-order chi connectivity index (χ0) is 14.9.